The summed E-state index contributed by atoms with van der Waals surface area (Å²) >= 11 is 0. The summed E-state index contributed by atoms with van der Waals surface area (Å²) in [6.07, 6.45) is 8.16. The quantitative estimate of drug-likeness (QED) is 0.349. The summed E-state index contributed by atoms with van der Waals surface area (Å²) in [5.41, 5.74) is 8.95. The number of rotatable bonds is 6. The van der Waals surface area contributed by atoms with E-state index in [1.54, 1.807) is 13.3 Å². The van der Waals surface area contributed by atoms with Crippen LogP contribution < -0.4 is 16.4 Å². The fourth-order valence-electron chi connectivity index (χ4n) is 3.99. The highest BCUT2D eigenvalue weighted by atomic mass is 16.5. The van der Waals surface area contributed by atoms with E-state index in [1.807, 2.05) is 32.9 Å². The molecule has 0 bridgehead atoms. The molecule has 0 saturated carbocycles. The van der Waals surface area contributed by atoms with E-state index in [9.17, 15) is 4.79 Å². The van der Waals surface area contributed by atoms with Gasteiger partial charge in [-0.2, -0.15) is 9.97 Å². The number of benzene rings is 1. The Balaban J connectivity index is 1.56. The van der Waals surface area contributed by atoms with Crippen molar-refractivity contribution < 1.29 is 9.32 Å². The normalized spacial score (nSPS) is 16.4. The Labute approximate surface area is 209 Å². The molecule has 0 saturated heterocycles. The molecule has 1 amide bonds. The lowest BCUT2D eigenvalue weighted by atomic mass is 9.96. The van der Waals surface area contributed by atoms with Crippen LogP contribution in [-0.4, -0.2) is 44.3 Å². The number of fused-ring (bicyclic) bond motifs is 1. The van der Waals surface area contributed by atoms with Gasteiger partial charge in [-0.05, 0) is 36.5 Å². The summed E-state index contributed by atoms with van der Waals surface area (Å²) in [7, 11) is 1.65. The predicted molar refractivity (Wildman–Crippen MR) is 136 cm³/mol. The SMILES string of the molecule is CN=CC(=CN)Nc1ncnc(-c2ccc3c(c2)CCCC[C@H]3NC(=O)c2noc(C(C)(C)C)n2)n1. The second kappa shape index (κ2) is 10.6. The molecule has 1 aliphatic carbocycles. The van der Waals surface area contributed by atoms with Gasteiger partial charge in [0.15, 0.2) is 5.82 Å². The van der Waals surface area contributed by atoms with E-state index in [-0.39, 0.29) is 23.2 Å². The maximum atomic E-state index is 12.9. The standard InChI is InChI=1S/C25H31N9O2/c1-25(2,3)23-32-21(34-36-23)22(35)31-19-8-6-5-7-15-11-16(9-10-18(15)19)20-28-14-29-24(33-20)30-17(12-26)13-27-4/h9-14,19H,5-8,26H2,1-4H3,(H,31,35)(H,28,29,30,33)/t19-/m1/s1. The van der Waals surface area contributed by atoms with Crippen molar-refractivity contribution in [2.24, 2.45) is 10.7 Å². The van der Waals surface area contributed by atoms with Gasteiger partial charge in [-0.3, -0.25) is 9.79 Å². The van der Waals surface area contributed by atoms with E-state index in [0.29, 0.717) is 23.4 Å². The highest BCUT2D eigenvalue weighted by Crippen LogP contribution is 2.32. The molecule has 4 rings (SSSR count). The van der Waals surface area contributed by atoms with Gasteiger partial charge in [-0.1, -0.05) is 44.5 Å². The van der Waals surface area contributed by atoms with Crippen LogP contribution in [-0.2, 0) is 11.8 Å². The molecule has 2 heterocycles. The van der Waals surface area contributed by atoms with Crippen LogP contribution in [0.25, 0.3) is 11.4 Å². The minimum Gasteiger partial charge on any atom is -0.403 e. The van der Waals surface area contributed by atoms with Crippen molar-refractivity contribution in [2.45, 2.75) is 57.9 Å². The second-order valence-electron chi connectivity index (χ2n) is 9.63. The Morgan fingerprint density at radius 1 is 1.22 bits per heavy atom. The van der Waals surface area contributed by atoms with Crippen LogP contribution in [0.15, 0.2) is 45.9 Å². The molecule has 4 N–H and O–H groups in total. The number of hydrogen-bond acceptors (Lipinski definition) is 10. The molecule has 0 unspecified atom stereocenters. The minimum atomic E-state index is -0.344. The third-order valence-corrected chi connectivity index (χ3v) is 5.82. The number of anilines is 1. The Hall–Kier alpha value is -4.15. The Morgan fingerprint density at radius 3 is 2.78 bits per heavy atom. The summed E-state index contributed by atoms with van der Waals surface area (Å²) in [6.45, 7) is 5.88. The zero-order chi connectivity index (χ0) is 25.7. The molecule has 188 valence electrons. The smallest absolute Gasteiger partial charge is 0.293 e. The molecule has 0 aliphatic heterocycles. The zero-order valence-corrected chi connectivity index (χ0v) is 20.9. The van der Waals surface area contributed by atoms with E-state index in [1.165, 1.54) is 12.5 Å². The predicted octanol–water partition coefficient (Wildman–Crippen LogP) is 3.33. The lowest BCUT2D eigenvalue weighted by Crippen LogP contribution is -2.29. The zero-order valence-electron chi connectivity index (χ0n) is 20.9. The van der Waals surface area contributed by atoms with Crippen LogP contribution in [0, 0.1) is 0 Å². The van der Waals surface area contributed by atoms with Gasteiger partial charge in [0, 0.05) is 30.4 Å². The van der Waals surface area contributed by atoms with Crippen LogP contribution in [0.3, 0.4) is 0 Å². The molecule has 1 aromatic carbocycles. The number of nitrogens with one attached hydrogen (secondary N) is 2. The van der Waals surface area contributed by atoms with Crippen LogP contribution >= 0.6 is 0 Å². The highest BCUT2D eigenvalue weighted by Gasteiger charge is 2.27. The van der Waals surface area contributed by atoms with Gasteiger partial charge in [0.25, 0.3) is 11.7 Å². The second-order valence-corrected chi connectivity index (χ2v) is 9.63. The monoisotopic (exact) mass is 489 g/mol. The average molecular weight is 490 g/mol. The first-order chi connectivity index (χ1) is 17.3. The molecule has 0 spiro atoms. The van der Waals surface area contributed by atoms with Gasteiger partial charge >= 0.3 is 0 Å². The van der Waals surface area contributed by atoms with Crippen molar-refractivity contribution in [1.29, 1.82) is 0 Å². The van der Waals surface area contributed by atoms with Crippen molar-refractivity contribution in [3.63, 3.8) is 0 Å². The van der Waals surface area contributed by atoms with E-state index < -0.39 is 0 Å². The van der Waals surface area contributed by atoms with Crippen molar-refractivity contribution in [3.05, 3.63) is 59.3 Å². The molecule has 1 atom stereocenters. The molecule has 0 radical (unpaired) electrons. The molecule has 11 nitrogen and oxygen atoms in total. The summed E-state index contributed by atoms with van der Waals surface area (Å²) in [5.74, 6) is 1.04. The number of aliphatic imine (C=N–C) groups is 1. The number of aryl methyl sites for hydroxylation is 1. The molecular weight excluding hydrogens is 458 g/mol. The van der Waals surface area contributed by atoms with Crippen LogP contribution in [0.1, 0.15) is 73.7 Å². The van der Waals surface area contributed by atoms with Crippen molar-refractivity contribution >= 4 is 18.1 Å². The average Bonchev–Trinajstić information content (AvgIpc) is 3.29. The number of allylic oxidation sites excluding steroid dienone is 1. The molecule has 2 aromatic heterocycles. The number of hydrogen-bond donors (Lipinski definition) is 3. The Bertz CT molecular complexity index is 1290. The number of carbonyl (C=O) groups is 1. The lowest BCUT2D eigenvalue weighted by Gasteiger charge is -2.19. The van der Waals surface area contributed by atoms with Gasteiger partial charge in [0.2, 0.25) is 11.8 Å². The number of nitrogens with zero attached hydrogens (tertiary/aromatic N) is 6. The third-order valence-electron chi connectivity index (χ3n) is 5.82. The van der Waals surface area contributed by atoms with Crippen molar-refractivity contribution in [2.75, 3.05) is 12.4 Å². The first-order valence-electron chi connectivity index (χ1n) is 11.9. The van der Waals surface area contributed by atoms with Gasteiger partial charge < -0.3 is 20.9 Å². The van der Waals surface area contributed by atoms with E-state index in [4.69, 9.17) is 10.3 Å². The number of aromatic nitrogens is 5. The topological polar surface area (TPSA) is 157 Å². The molecule has 0 fully saturated rings. The maximum Gasteiger partial charge on any atom is 0.293 e. The molecule has 36 heavy (non-hydrogen) atoms. The van der Waals surface area contributed by atoms with E-state index in [2.05, 4.69) is 46.8 Å². The van der Waals surface area contributed by atoms with Crippen LogP contribution in [0.2, 0.25) is 0 Å². The third kappa shape index (κ3) is 5.73. The molecular formula is C25H31N9O2. The number of carbonyl (C=O) groups excluding carboxylic acids is 1. The first kappa shape index (κ1) is 25.0. The summed E-state index contributed by atoms with van der Waals surface area (Å²) in [4.78, 5) is 34.2. The van der Waals surface area contributed by atoms with Crippen LogP contribution in [0.4, 0.5) is 5.95 Å². The molecule has 3 aromatic rings. The minimum absolute atomic E-state index is 0.0478. The maximum absolute atomic E-state index is 12.9. The van der Waals surface area contributed by atoms with E-state index in [0.717, 1.165) is 42.4 Å². The van der Waals surface area contributed by atoms with Gasteiger partial charge in [0.05, 0.1) is 11.7 Å². The fourth-order valence-corrected chi connectivity index (χ4v) is 3.99. The highest BCUT2D eigenvalue weighted by molar-refractivity contribution is 5.90. The largest absolute Gasteiger partial charge is 0.403 e. The Kier molecular flexibility index (Phi) is 7.37. The lowest BCUT2D eigenvalue weighted by molar-refractivity contribution is 0.0921. The van der Waals surface area contributed by atoms with Crippen molar-refractivity contribution in [1.82, 2.24) is 30.4 Å². The fraction of sp³-hybridized carbons (Fsp3) is 0.400. The summed E-state index contributed by atoms with van der Waals surface area (Å²) in [5, 5.41) is 10.0. The summed E-state index contributed by atoms with van der Waals surface area (Å²) in [6, 6.07) is 5.92. The Morgan fingerprint density at radius 2 is 2.06 bits per heavy atom. The number of nitrogens with two attached hydrogens (primary N) is 1. The van der Waals surface area contributed by atoms with Gasteiger partial charge in [0.1, 0.15) is 6.33 Å². The first-order valence-corrected chi connectivity index (χ1v) is 11.9. The van der Waals surface area contributed by atoms with E-state index >= 15 is 0 Å². The molecule has 1 aliphatic rings. The van der Waals surface area contributed by atoms with Crippen molar-refractivity contribution in [3.8, 4) is 11.4 Å². The van der Waals surface area contributed by atoms with Crippen LogP contribution in [0.5, 0.6) is 0 Å². The number of amides is 1. The van der Waals surface area contributed by atoms with Gasteiger partial charge in [-0.15, -0.1) is 0 Å². The van der Waals surface area contributed by atoms with Gasteiger partial charge in [-0.25, -0.2) is 9.97 Å². The molecule has 11 heteroatoms. The summed E-state index contributed by atoms with van der Waals surface area (Å²) < 4.78 is 5.29.